The van der Waals surface area contributed by atoms with Crippen molar-refractivity contribution < 1.29 is 14.5 Å². The third-order valence-electron chi connectivity index (χ3n) is 2.93. The lowest BCUT2D eigenvalue weighted by Gasteiger charge is -2.10. The van der Waals surface area contributed by atoms with Crippen molar-refractivity contribution >= 4 is 28.9 Å². The molecule has 0 saturated carbocycles. The molecule has 0 radical (unpaired) electrons. The molecule has 0 fully saturated rings. The highest BCUT2D eigenvalue weighted by Crippen LogP contribution is 2.32. The number of halogens is 1. The molecule has 1 aromatic carbocycles. The van der Waals surface area contributed by atoms with Crippen LogP contribution in [-0.2, 0) is 4.79 Å². The minimum absolute atomic E-state index is 0.119. The van der Waals surface area contributed by atoms with Gasteiger partial charge in [0.25, 0.3) is 5.69 Å². The largest absolute Gasteiger partial charge is 0.457 e. The van der Waals surface area contributed by atoms with Crippen molar-refractivity contribution in [2.24, 2.45) is 5.73 Å². The zero-order valence-corrected chi connectivity index (χ0v) is 12.8. The van der Waals surface area contributed by atoms with Crippen LogP contribution in [0.25, 0.3) is 0 Å². The highest BCUT2D eigenvalue weighted by atomic mass is 35.5. The quantitative estimate of drug-likeness (QED) is 0.475. The third-order valence-corrected chi connectivity index (χ3v) is 3.37. The van der Waals surface area contributed by atoms with E-state index in [9.17, 15) is 14.9 Å². The first-order chi connectivity index (χ1) is 10.9. The van der Waals surface area contributed by atoms with Gasteiger partial charge in [-0.15, -0.1) is 11.6 Å². The van der Waals surface area contributed by atoms with Crippen molar-refractivity contribution in [3.63, 3.8) is 0 Å². The van der Waals surface area contributed by atoms with E-state index in [0.29, 0.717) is 11.4 Å². The Kier molecular flexibility index (Phi) is 4.97. The summed E-state index contributed by atoms with van der Waals surface area (Å²) in [5.41, 5.74) is 5.61. The first kappa shape index (κ1) is 16.5. The van der Waals surface area contributed by atoms with Crippen LogP contribution in [0.1, 0.15) is 11.1 Å². The highest BCUT2D eigenvalue weighted by molar-refractivity contribution is 6.30. The second-order valence-electron chi connectivity index (χ2n) is 4.47. The van der Waals surface area contributed by atoms with E-state index in [4.69, 9.17) is 22.1 Å². The Labute approximate surface area is 136 Å². The Balaban J connectivity index is 2.29. The molecule has 0 aliphatic rings. The second kappa shape index (κ2) is 6.93. The predicted molar refractivity (Wildman–Crippen MR) is 84.7 cm³/mol. The van der Waals surface area contributed by atoms with Crippen LogP contribution >= 0.6 is 11.6 Å². The van der Waals surface area contributed by atoms with Gasteiger partial charge >= 0.3 is 0 Å². The number of hydrogen-bond acceptors (Lipinski definition) is 6. The normalized spacial score (nSPS) is 11.6. The summed E-state index contributed by atoms with van der Waals surface area (Å²) in [5, 5.41) is 12.7. The fourth-order valence-electron chi connectivity index (χ4n) is 1.85. The molecule has 1 heterocycles. The molecule has 23 heavy (non-hydrogen) atoms. The number of nitro benzene ring substituents is 1. The Morgan fingerprint density at radius 2 is 2.09 bits per heavy atom. The monoisotopic (exact) mass is 336 g/mol. The minimum Gasteiger partial charge on any atom is -0.457 e. The lowest BCUT2D eigenvalue weighted by molar-refractivity contribution is -0.384. The Morgan fingerprint density at radius 1 is 1.39 bits per heavy atom. The van der Waals surface area contributed by atoms with E-state index in [1.54, 1.807) is 13.1 Å². The number of primary amides is 1. The molecule has 1 unspecified atom stereocenters. The van der Waals surface area contributed by atoms with E-state index in [0.717, 1.165) is 0 Å². The number of nitrogens with one attached hydrogen (secondary N) is 1. The lowest BCUT2D eigenvalue weighted by Crippen LogP contribution is -2.17. The van der Waals surface area contributed by atoms with Gasteiger partial charge in [0.05, 0.1) is 16.7 Å². The van der Waals surface area contributed by atoms with E-state index in [-0.39, 0.29) is 17.1 Å². The molecule has 1 aromatic heterocycles. The van der Waals surface area contributed by atoms with Crippen LogP contribution in [0.2, 0.25) is 0 Å². The molecule has 0 aliphatic heterocycles. The molecule has 0 aliphatic carbocycles. The van der Waals surface area contributed by atoms with Crippen LogP contribution < -0.4 is 15.8 Å². The van der Waals surface area contributed by atoms with E-state index < -0.39 is 16.2 Å². The van der Waals surface area contributed by atoms with E-state index in [1.165, 1.54) is 30.5 Å². The molecule has 0 bridgehead atoms. The van der Waals surface area contributed by atoms with Gasteiger partial charge in [-0.3, -0.25) is 19.9 Å². The van der Waals surface area contributed by atoms with Gasteiger partial charge in [-0.05, 0) is 18.2 Å². The Hall–Kier alpha value is -2.87. The first-order valence-electron chi connectivity index (χ1n) is 6.45. The van der Waals surface area contributed by atoms with Gasteiger partial charge in [0.2, 0.25) is 5.91 Å². The number of amides is 1. The molecule has 120 valence electrons. The van der Waals surface area contributed by atoms with E-state index >= 15 is 0 Å². The van der Waals surface area contributed by atoms with Crippen LogP contribution in [0.3, 0.4) is 0 Å². The van der Waals surface area contributed by atoms with Gasteiger partial charge in [-0.2, -0.15) is 0 Å². The van der Waals surface area contributed by atoms with E-state index in [1.807, 2.05) is 0 Å². The number of alkyl halides is 1. The van der Waals surface area contributed by atoms with Crippen LogP contribution in [0.5, 0.6) is 11.5 Å². The Morgan fingerprint density at radius 3 is 2.70 bits per heavy atom. The SMILES string of the molecule is CNc1ccc(Oc2ccnc(C(Cl)C(N)=O)c2)cc1[N+](=O)[O-]. The molecule has 0 spiro atoms. The summed E-state index contributed by atoms with van der Waals surface area (Å²) in [7, 11) is 1.59. The number of carbonyl (C=O) groups is 1. The summed E-state index contributed by atoms with van der Waals surface area (Å²) in [6.07, 6.45) is 1.40. The van der Waals surface area contributed by atoms with E-state index in [2.05, 4.69) is 10.3 Å². The number of anilines is 1. The average molecular weight is 337 g/mol. The zero-order chi connectivity index (χ0) is 17.0. The van der Waals surface area contributed by atoms with Gasteiger partial charge in [0.1, 0.15) is 17.2 Å². The van der Waals surface area contributed by atoms with Gasteiger partial charge in [-0.1, -0.05) is 0 Å². The molecule has 2 aromatic rings. The molecular formula is C14H13ClN4O4. The number of ether oxygens (including phenoxy) is 1. The second-order valence-corrected chi connectivity index (χ2v) is 4.91. The summed E-state index contributed by atoms with van der Waals surface area (Å²) < 4.78 is 5.56. The molecule has 1 atom stereocenters. The maximum atomic E-state index is 11.1. The molecule has 9 heteroatoms. The number of nitro groups is 1. The average Bonchev–Trinajstić information content (AvgIpc) is 2.54. The maximum Gasteiger partial charge on any atom is 0.296 e. The van der Waals surface area contributed by atoms with Gasteiger partial charge < -0.3 is 15.8 Å². The van der Waals surface area contributed by atoms with Crippen LogP contribution in [-0.4, -0.2) is 22.9 Å². The summed E-state index contributed by atoms with van der Waals surface area (Å²) >= 11 is 5.83. The number of hydrogen-bond donors (Lipinski definition) is 2. The molecule has 1 amide bonds. The zero-order valence-electron chi connectivity index (χ0n) is 12.0. The number of nitrogens with two attached hydrogens (primary N) is 1. The predicted octanol–water partition coefficient (Wildman–Crippen LogP) is 2.59. The summed E-state index contributed by atoms with van der Waals surface area (Å²) in [6, 6.07) is 7.37. The fraction of sp³-hybridized carbons (Fsp3) is 0.143. The fourth-order valence-corrected chi connectivity index (χ4v) is 1.97. The van der Waals surface area contributed by atoms with Crippen LogP contribution in [0.4, 0.5) is 11.4 Å². The van der Waals surface area contributed by atoms with Crippen molar-refractivity contribution in [2.75, 3.05) is 12.4 Å². The smallest absolute Gasteiger partial charge is 0.296 e. The van der Waals surface area contributed by atoms with Gasteiger partial charge in [0, 0.05) is 19.3 Å². The number of benzene rings is 1. The molecule has 2 rings (SSSR count). The lowest BCUT2D eigenvalue weighted by atomic mass is 10.2. The highest BCUT2D eigenvalue weighted by Gasteiger charge is 2.17. The third kappa shape index (κ3) is 3.86. The van der Waals surface area contributed by atoms with Crippen molar-refractivity contribution in [3.8, 4) is 11.5 Å². The van der Waals surface area contributed by atoms with Gasteiger partial charge in [0.15, 0.2) is 5.38 Å². The van der Waals surface area contributed by atoms with Crippen molar-refractivity contribution in [3.05, 3.63) is 52.3 Å². The van der Waals surface area contributed by atoms with Crippen LogP contribution in [0, 0.1) is 10.1 Å². The summed E-state index contributed by atoms with van der Waals surface area (Å²) in [6.45, 7) is 0. The molecule has 0 saturated heterocycles. The summed E-state index contributed by atoms with van der Waals surface area (Å²) in [4.78, 5) is 25.6. The number of nitrogens with zero attached hydrogens (tertiary/aromatic N) is 2. The number of pyridine rings is 1. The number of rotatable bonds is 6. The maximum absolute atomic E-state index is 11.1. The van der Waals surface area contributed by atoms with Crippen LogP contribution in [0.15, 0.2) is 36.5 Å². The number of aromatic nitrogens is 1. The molecule has 3 N–H and O–H groups in total. The Bertz CT molecular complexity index is 753. The summed E-state index contributed by atoms with van der Waals surface area (Å²) in [5.74, 6) is -0.142. The topological polar surface area (TPSA) is 120 Å². The van der Waals surface area contributed by atoms with Gasteiger partial charge in [-0.25, -0.2) is 0 Å². The van der Waals surface area contributed by atoms with Crippen molar-refractivity contribution in [2.45, 2.75) is 5.38 Å². The standard InChI is InChI=1S/C14H13ClN4O4/c1-17-10-3-2-8(7-12(10)19(21)22)23-9-4-5-18-11(6-9)13(15)14(16)20/h2-7,13,17H,1H3,(H2,16,20). The van der Waals surface area contributed by atoms with Crippen molar-refractivity contribution in [1.29, 1.82) is 0 Å². The first-order valence-corrected chi connectivity index (χ1v) is 6.89. The molecular weight excluding hydrogens is 324 g/mol. The molecule has 8 nitrogen and oxygen atoms in total. The van der Waals surface area contributed by atoms with Crippen molar-refractivity contribution in [1.82, 2.24) is 4.98 Å². The number of carbonyl (C=O) groups excluding carboxylic acids is 1. The minimum atomic E-state index is -1.08.